The van der Waals surface area contributed by atoms with Gasteiger partial charge in [-0.05, 0) is 65.2 Å². The third kappa shape index (κ3) is 3.01. The van der Waals surface area contributed by atoms with Crippen molar-refractivity contribution in [3.8, 4) is 0 Å². The van der Waals surface area contributed by atoms with Gasteiger partial charge in [-0.15, -0.1) is 0 Å². The van der Waals surface area contributed by atoms with E-state index in [4.69, 9.17) is 0 Å². The number of halogens is 2. The van der Waals surface area contributed by atoms with Crippen LogP contribution < -0.4 is 5.32 Å². The van der Waals surface area contributed by atoms with Gasteiger partial charge in [-0.1, -0.05) is 12.1 Å². The van der Waals surface area contributed by atoms with Crippen LogP contribution in [0, 0.1) is 19.7 Å². The average molecular weight is 322 g/mol. The minimum absolute atomic E-state index is 0.217. The Balaban J connectivity index is 2.28. The molecule has 19 heavy (non-hydrogen) atoms. The van der Waals surface area contributed by atoms with Gasteiger partial charge < -0.3 is 5.32 Å². The molecule has 0 fully saturated rings. The summed E-state index contributed by atoms with van der Waals surface area (Å²) in [5.41, 5.74) is 2.85. The summed E-state index contributed by atoms with van der Waals surface area (Å²) in [4.78, 5) is 12.2. The summed E-state index contributed by atoms with van der Waals surface area (Å²) in [7, 11) is 0. The summed E-state index contributed by atoms with van der Waals surface area (Å²) >= 11 is 3.40. The van der Waals surface area contributed by atoms with Gasteiger partial charge in [-0.3, -0.25) is 4.79 Å². The summed E-state index contributed by atoms with van der Waals surface area (Å²) in [6, 6.07) is 9.77. The molecule has 0 aliphatic rings. The quantitative estimate of drug-likeness (QED) is 0.869. The van der Waals surface area contributed by atoms with Crippen molar-refractivity contribution in [2.45, 2.75) is 13.8 Å². The molecule has 0 spiro atoms. The van der Waals surface area contributed by atoms with Crippen molar-refractivity contribution in [2.24, 2.45) is 0 Å². The minimum Gasteiger partial charge on any atom is -0.322 e. The van der Waals surface area contributed by atoms with Gasteiger partial charge in [0, 0.05) is 10.2 Å². The van der Waals surface area contributed by atoms with Gasteiger partial charge in [0.25, 0.3) is 5.91 Å². The maximum atomic E-state index is 13.0. The zero-order valence-corrected chi connectivity index (χ0v) is 12.2. The molecule has 0 heterocycles. The zero-order valence-electron chi connectivity index (χ0n) is 10.6. The minimum atomic E-state index is -0.313. The SMILES string of the molecule is Cc1cc(F)ccc1NC(=O)c1cccc(C)c1Br. The first-order valence-electron chi connectivity index (χ1n) is 5.81. The van der Waals surface area contributed by atoms with Crippen molar-refractivity contribution in [3.05, 3.63) is 63.4 Å². The fourth-order valence-corrected chi connectivity index (χ4v) is 2.22. The van der Waals surface area contributed by atoms with Gasteiger partial charge in [-0.2, -0.15) is 0 Å². The number of benzene rings is 2. The predicted molar refractivity (Wildman–Crippen MR) is 78.0 cm³/mol. The van der Waals surface area contributed by atoms with Crippen molar-refractivity contribution in [1.29, 1.82) is 0 Å². The average Bonchev–Trinajstić information content (AvgIpc) is 2.36. The number of carbonyl (C=O) groups excluding carboxylic acids is 1. The lowest BCUT2D eigenvalue weighted by molar-refractivity contribution is 0.102. The van der Waals surface area contributed by atoms with Gasteiger partial charge >= 0.3 is 0 Å². The molecule has 2 nitrogen and oxygen atoms in total. The number of aryl methyl sites for hydroxylation is 2. The monoisotopic (exact) mass is 321 g/mol. The molecule has 0 aromatic heterocycles. The van der Waals surface area contributed by atoms with Crippen LogP contribution in [-0.2, 0) is 0 Å². The van der Waals surface area contributed by atoms with Crippen LogP contribution in [0.5, 0.6) is 0 Å². The molecule has 98 valence electrons. The standard InChI is InChI=1S/C15H13BrFNO/c1-9-4-3-5-12(14(9)16)15(19)18-13-7-6-11(17)8-10(13)2/h3-8H,1-2H3,(H,18,19). The summed E-state index contributed by atoms with van der Waals surface area (Å²) in [5, 5.41) is 2.79. The number of hydrogen-bond acceptors (Lipinski definition) is 1. The largest absolute Gasteiger partial charge is 0.322 e. The fourth-order valence-electron chi connectivity index (χ4n) is 1.78. The number of nitrogens with one attached hydrogen (secondary N) is 1. The molecule has 2 aromatic carbocycles. The molecule has 2 aromatic rings. The fraction of sp³-hybridized carbons (Fsp3) is 0.133. The van der Waals surface area contributed by atoms with E-state index in [0.717, 1.165) is 10.0 Å². The van der Waals surface area contributed by atoms with Gasteiger partial charge in [0.2, 0.25) is 0 Å². The molecule has 0 aliphatic carbocycles. The lowest BCUT2D eigenvalue weighted by Gasteiger charge is -2.10. The van der Waals surface area contributed by atoms with Gasteiger partial charge in [0.05, 0.1) is 5.56 Å². The molecule has 0 atom stereocenters. The summed E-state index contributed by atoms with van der Waals surface area (Å²) in [5.74, 6) is -0.530. The lowest BCUT2D eigenvalue weighted by Crippen LogP contribution is -2.13. The molecule has 0 unspecified atom stereocenters. The molecular formula is C15H13BrFNO. The Kier molecular flexibility index (Phi) is 4.00. The van der Waals surface area contributed by atoms with Crippen molar-refractivity contribution in [3.63, 3.8) is 0 Å². The van der Waals surface area contributed by atoms with Crippen LogP contribution in [0.3, 0.4) is 0 Å². The van der Waals surface area contributed by atoms with Gasteiger partial charge in [-0.25, -0.2) is 4.39 Å². The van der Waals surface area contributed by atoms with Crippen LogP contribution in [0.4, 0.5) is 10.1 Å². The van der Waals surface area contributed by atoms with Gasteiger partial charge in [0.15, 0.2) is 0 Å². The summed E-state index contributed by atoms with van der Waals surface area (Å²) < 4.78 is 13.8. The van der Waals surface area contributed by atoms with Crippen LogP contribution in [0.2, 0.25) is 0 Å². The highest BCUT2D eigenvalue weighted by Crippen LogP contribution is 2.23. The van der Waals surface area contributed by atoms with Crippen LogP contribution >= 0.6 is 15.9 Å². The van der Waals surface area contributed by atoms with Crippen molar-refractivity contribution in [1.82, 2.24) is 0 Å². The van der Waals surface area contributed by atoms with Crippen LogP contribution in [-0.4, -0.2) is 5.91 Å². The first-order valence-corrected chi connectivity index (χ1v) is 6.61. The number of hydrogen-bond donors (Lipinski definition) is 1. The van der Waals surface area contributed by atoms with E-state index in [1.54, 1.807) is 19.1 Å². The molecule has 0 saturated heterocycles. The predicted octanol–water partition coefficient (Wildman–Crippen LogP) is 4.46. The molecule has 0 aliphatic heterocycles. The van der Waals surface area contributed by atoms with Gasteiger partial charge in [0.1, 0.15) is 5.82 Å². The molecule has 0 bridgehead atoms. The van der Waals surface area contributed by atoms with E-state index in [9.17, 15) is 9.18 Å². The Morgan fingerprint density at radius 1 is 1.16 bits per heavy atom. The summed E-state index contributed by atoms with van der Waals surface area (Å²) in [6.45, 7) is 3.67. The van der Waals surface area contributed by atoms with E-state index >= 15 is 0 Å². The van der Waals surface area contributed by atoms with Crippen LogP contribution in [0.1, 0.15) is 21.5 Å². The highest BCUT2D eigenvalue weighted by molar-refractivity contribution is 9.10. The molecule has 1 amide bonds. The third-order valence-corrected chi connectivity index (χ3v) is 3.93. The normalized spacial score (nSPS) is 10.3. The topological polar surface area (TPSA) is 29.1 Å². The molecule has 0 radical (unpaired) electrons. The van der Waals surface area contributed by atoms with E-state index in [-0.39, 0.29) is 11.7 Å². The molecule has 2 rings (SSSR count). The first-order chi connectivity index (χ1) is 8.99. The molecular weight excluding hydrogens is 309 g/mol. The Bertz CT molecular complexity index is 640. The van der Waals surface area contributed by atoms with E-state index < -0.39 is 0 Å². The second-order valence-corrected chi connectivity index (χ2v) is 5.14. The number of rotatable bonds is 2. The Morgan fingerprint density at radius 2 is 1.89 bits per heavy atom. The molecule has 0 saturated carbocycles. The maximum absolute atomic E-state index is 13.0. The number of carbonyl (C=O) groups is 1. The molecule has 1 N–H and O–H groups in total. The zero-order chi connectivity index (χ0) is 14.0. The smallest absolute Gasteiger partial charge is 0.256 e. The highest BCUT2D eigenvalue weighted by atomic mass is 79.9. The first kappa shape index (κ1) is 13.7. The van der Waals surface area contributed by atoms with Crippen molar-refractivity contribution in [2.75, 3.05) is 5.32 Å². The van der Waals surface area contributed by atoms with Crippen LogP contribution in [0.25, 0.3) is 0 Å². The molecule has 4 heteroatoms. The third-order valence-electron chi connectivity index (χ3n) is 2.87. The summed E-state index contributed by atoms with van der Waals surface area (Å²) in [6.07, 6.45) is 0. The lowest BCUT2D eigenvalue weighted by atomic mass is 10.1. The number of anilines is 1. The Labute approximate surface area is 119 Å². The maximum Gasteiger partial charge on any atom is 0.256 e. The van der Waals surface area contributed by atoms with Crippen molar-refractivity contribution < 1.29 is 9.18 Å². The van der Waals surface area contributed by atoms with E-state index in [1.165, 1.54) is 12.1 Å². The van der Waals surface area contributed by atoms with E-state index in [1.807, 2.05) is 19.1 Å². The van der Waals surface area contributed by atoms with Crippen molar-refractivity contribution >= 4 is 27.5 Å². The Morgan fingerprint density at radius 3 is 2.58 bits per heavy atom. The second-order valence-electron chi connectivity index (χ2n) is 4.35. The number of amides is 1. The Hall–Kier alpha value is -1.68. The van der Waals surface area contributed by atoms with Crippen LogP contribution in [0.15, 0.2) is 40.9 Å². The van der Waals surface area contributed by atoms with E-state index in [0.29, 0.717) is 16.8 Å². The van der Waals surface area contributed by atoms with E-state index in [2.05, 4.69) is 21.2 Å². The highest BCUT2D eigenvalue weighted by Gasteiger charge is 2.12. The second kappa shape index (κ2) is 5.53.